The van der Waals surface area contributed by atoms with Crippen LogP contribution in [0.2, 0.25) is 0 Å². The number of rotatable bonds is 6. The van der Waals surface area contributed by atoms with Crippen LogP contribution in [-0.4, -0.2) is 58.3 Å². The number of nitrogens with zero attached hydrogens (tertiary/aromatic N) is 3. The number of likely N-dealkylation sites (tertiary alicyclic amines) is 1. The number of carbonyl (C=O) groups excluding carboxylic acids is 1. The number of fused-ring (bicyclic) bond motifs is 2. The van der Waals surface area contributed by atoms with E-state index in [1.807, 2.05) is 31.3 Å². The zero-order valence-electron chi connectivity index (χ0n) is 19.1. The number of benzene rings is 2. The second-order valence-electron chi connectivity index (χ2n) is 9.71. The Morgan fingerprint density at radius 3 is 2.62 bits per heavy atom. The molecule has 9 heteroatoms. The van der Waals surface area contributed by atoms with Crippen molar-refractivity contribution in [3.8, 4) is 11.5 Å². The molecule has 1 saturated carbocycles. The van der Waals surface area contributed by atoms with Gasteiger partial charge in [0.25, 0.3) is 5.69 Å². The Balaban J connectivity index is 1.32. The summed E-state index contributed by atoms with van der Waals surface area (Å²) in [6.45, 7) is 1.59. The maximum absolute atomic E-state index is 13.4. The highest BCUT2D eigenvalue weighted by Crippen LogP contribution is 2.57. The van der Waals surface area contributed by atoms with Gasteiger partial charge in [0.1, 0.15) is 18.1 Å². The van der Waals surface area contributed by atoms with Crippen molar-refractivity contribution < 1.29 is 24.7 Å². The van der Waals surface area contributed by atoms with E-state index in [1.54, 1.807) is 4.90 Å². The van der Waals surface area contributed by atoms with Crippen molar-refractivity contribution in [2.45, 2.75) is 56.2 Å². The molecule has 5 rings (SSSR count). The van der Waals surface area contributed by atoms with E-state index < -0.39 is 10.3 Å². The summed E-state index contributed by atoms with van der Waals surface area (Å²) in [6, 6.07) is 10.2. The molecule has 2 aromatic rings. The first kappa shape index (κ1) is 22.6. The van der Waals surface area contributed by atoms with Crippen LogP contribution in [0.25, 0.3) is 0 Å². The van der Waals surface area contributed by atoms with E-state index in [9.17, 15) is 25.1 Å². The molecule has 1 spiro atoms. The topological polar surface area (TPSA) is 116 Å². The Morgan fingerprint density at radius 1 is 1.24 bits per heavy atom. The number of nitro groups is 1. The van der Waals surface area contributed by atoms with Gasteiger partial charge in [-0.25, -0.2) is 0 Å². The van der Waals surface area contributed by atoms with E-state index >= 15 is 0 Å². The molecule has 1 amide bonds. The van der Waals surface area contributed by atoms with Crippen LogP contribution in [0.4, 0.5) is 11.4 Å². The number of aliphatic hydroxyl groups is 1. The number of nitro benzene ring substituents is 1. The largest absolute Gasteiger partial charge is 0.505 e. The third-order valence-electron chi connectivity index (χ3n) is 7.62. The van der Waals surface area contributed by atoms with Gasteiger partial charge in [0.2, 0.25) is 5.91 Å². The van der Waals surface area contributed by atoms with Gasteiger partial charge in [-0.3, -0.25) is 19.8 Å². The Hall–Kier alpha value is -3.17. The number of amides is 1. The van der Waals surface area contributed by atoms with Crippen LogP contribution in [0.15, 0.2) is 36.4 Å². The van der Waals surface area contributed by atoms with Crippen molar-refractivity contribution in [1.82, 2.24) is 4.90 Å². The lowest BCUT2D eigenvalue weighted by molar-refractivity contribution is -0.385. The SMILES string of the molecule is CN1CCC(O)CC1COc1ccc(CN2C(=O)C3(CCC3)c3cc([N+](=O)[O-])cc(O)c32)cc1. The van der Waals surface area contributed by atoms with Crippen LogP contribution in [0.5, 0.6) is 11.5 Å². The highest BCUT2D eigenvalue weighted by molar-refractivity contribution is 6.10. The van der Waals surface area contributed by atoms with E-state index in [0.29, 0.717) is 42.9 Å². The first-order valence-corrected chi connectivity index (χ1v) is 11.7. The Labute approximate surface area is 197 Å². The molecule has 0 aromatic heterocycles. The molecule has 2 unspecified atom stereocenters. The molecule has 0 bridgehead atoms. The lowest BCUT2D eigenvalue weighted by Gasteiger charge is -2.36. The molecule has 1 saturated heterocycles. The van der Waals surface area contributed by atoms with Gasteiger partial charge < -0.3 is 19.8 Å². The van der Waals surface area contributed by atoms with Crippen LogP contribution < -0.4 is 9.64 Å². The van der Waals surface area contributed by atoms with E-state index in [-0.39, 0.29) is 36.0 Å². The minimum absolute atomic E-state index is 0.108. The molecule has 180 valence electrons. The number of hydrogen-bond donors (Lipinski definition) is 2. The maximum Gasteiger partial charge on any atom is 0.273 e. The Bertz CT molecular complexity index is 1110. The van der Waals surface area contributed by atoms with Gasteiger partial charge in [-0.1, -0.05) is 18.6 Å². The van der Waals surface area contributed by atoms with Gasteiger partial charge in [-0.05, 0) is 50.4 Å². The van der Waals surface area contributed by atoms with Gasteiger partial charge >= 0.3 is 0 Å². The average molecular weight is 468 g/mol. The number of anilines is 1. The Kier molecular flexibility index (Phi) is 5.69. The minimum atomic E-state index is -0.765. The summed E-state index contributed by atoms with van der Waals surface area (Å²) < 4.78 is 5.94. The quantitative estimate of drug-likeness (QED) is 0.495. The molecule has 2 N–H and O–H groups in total. The van der Waals surface area contributed by atoms with Gasteiger partial charge in [-0.2, -0.15) is 0 Å². The first-order valence-electron chi connectivity index (χ1n) is 11.7. The summed E-state index contributed by atoms with van der Waals surface area (Å²) in [5, 5.41) is 31.8. The van der Waals surface area contributed by atoms with Crippen molar-refractivity contribution in [2.24, 2.45) is 0 Å². The standard InChI is InChI=1S/C25H29N3O6/c1-26-10-7-19(29)11-18(26)15-34-20-5-3-16(4-6-20)14-27-23-21(25(24(27)31)8-2-9-25)12-17(28(32)33)13-22(23)30/h3-6,12-13,18-19,29-30H,2,7-11,14-15H2,1H3. The number of phenols is 1. The molecule has 2 atom stereocenters. The average Bonchev–Trinajstić information content (AvgIpc) is 3.03. The summed E-state index contributed by atoms with van der Waals surface area (Å²) >= 11 is 0. The first-order chi connectivity index (χ1) is 16.3. The molecule has 2 fully saturated rings. The molecule has 9 nitrogen and oxygen atoms in total. The second-order valence-corrected chi connectivity index (χ2v) is 9.71. The van der Waals surface area contributed by atoms with Gasteiger partial charge in [0.15, 0.2) is 0 Å². The van der Waals surface area contributed by atoms with Crippen molar-refractivity contribution in [3.63, 3.8) is 0 Å². The molecular weight excluding hydrogens is 438 g/mol. The number of aromatic hydroxyl groups is 1. The minimum Gasteiger partial charge on any atom is -0.505 e. The predicted molar refractivity (Wildman–Crippen MR) is 125 cm³/mol. The fourth-order valence-electron chi connectivity index (χ4n) is 5.41. The molecule has 2 aromatic carbocycles. The van der Waals surface area contributed by atoms with E-state index in [1.165, 1.54) is 6.07 Å². The number of piperidine rings is 1. The fourth-order valence-corrected chi connectivity index (χ4v) is 5.41. The number of hydrogen-bond acceptors (Lipinski definition) is 7. The zero-order valence-corrected chi connectivity index (χ0v) is 19.1. The molecule has 2 aliphatic heterocycles. The molecule has 2 heterocycles. The lowest BCUT2D eigenvalue weighted by Crippen LogP contribution is -2.45. The third-order valence-corrected chi connectivity index (χ3v) is 7.62. The number of ether oxygens (including phenoxy) is 1. The highest BCUT2D eigenvalue weighted by atomic mass is 16.6. The van der Waals surface area contributed by atoms with Crippen molar-refractivity contribution in [3.05, 3.63) is 57.6 Å². The number of aliphatic hydroxyl groups excluding tert-OH is 1. The monoisotopic (exact) mass is 467 g/mol. The van der Waals surface area contributed by atoms with E-state index in [0.717, 1.165) is 31.0 Å². The maximum atomic E-state index is 13.4. The number of likely N-dealkylation sites (N-methyl/N-ethyl adjacent to an activating group) is 1. The van der Waals surface area contributed by atoms with Crippen molar-refractivity contribution in [1.29, 1.82) is 0 Å². The van der Waals surface area contributed by atoms with Crippen molar-refractivity contribution in [2.75, 3.05) is 25.1 Å². The van der Waals surface area contributed by atoms with Crippen LogP contribution >= 0.6 is 0 Å². The summed E-state index contributed by atoms with van der Waals surface area (Å²) in [6.07, 6.45) is 3.32. The van der Waals surface area contributed by atoms with Gasteiger partial charge in [0, 0.05) is 24.2 Å². The van der Waals surface area contributed by atoms with E-state index in [2.05, 4.69) is 4.90 Å². The normalized spacial score (nSPS) is 23.6. The van der Waals surface area contributed by atoms with Gasteiger partial charge in [0.05, 0.1) is 34.7 Å². The molecular formula is C25H29N3O6. The molecule has 34 heavy (non-hydrogen) atoms. The zero-order chi connectivity index (χ0) is 24.0. The number of phenolic OH excluding ortho intramolecular Hbond substituents is 1. The number of non-ortho nitro benzene ring substituents is 1. The van der Waals surface area contributed by atoms with Crippen LogP contribution in [-0.2, 0) is 16.8 Å². The van der Waals surface area contributed by atoms with Crippen LogP contribution in [0.3, 0.4) is 0 Å². The molecule has 1 aliphatic carbocycles. The Morgan fingerprint density at radius 2 is 1.97 bits per heavy atom. The predicted octanol–water partition coefficient (Wildman–Crippen LogP) is 3.10. The summed E-state index contributed by atoms with van der Waals surface area (Å²) in [4.78, 5) is 27.9. The lowest BCUT2D eigenvalue weighted by atomic mass is 9.65. The molecule has 0 radical (unpaired) electrons. The summed E-state index contributed by atoms with van der Waals surface area (Å²) in [7, 11) is 2.03. The van der Waals surface area contributed by atoms with Crippen LogP contribution in [0, 0.1) is 10.1 Å². The highest BCUT2D eigenvalue weighted by Gasteiger charge is 2.56. The summed E-state index contributed by atoms with van der Waals surface area (Å²) in [5.41, 5.74) is 0.850. The van der Waals surface area contributed by atoms with Crippen molar-refractivity contribution >= 4 is 17.3 Å². The summed E-state index contributed by atoms with van der Waals surface area (Å²) in [5.74, 6) is 0.364. The number of carbonyl (C=O) groups is 1. The van der Waals surface area contributed by atoms with E-state index in [4.69, 9.17) is 4.74 Å². The smallest absolute Gasteiger partial charge is 0.273 e. The van der Waals surface area contributed by atoms with Crippen LogP contribution in [0.1, 0.15) is 43.2 Å². The van der Waals surface area contributed by atoms with Gasteiger partial charge in [-0.15, -0.1) is 0 Å². The third kappa shape index (κ3) is 3.78. The fraction of sp³-hybridized carbons (Fsp3) is 0.480. The molecule has 3 aliphatic rings. The second kappa shape index (κ2) is 8.56.